The zero-order valence-corrected chi connectivity index (χ0v) is 14.7. The Kier molecular flexibility index (Phi) is 6.13. The van der Waals surface area contributed by atoms with Crippen LogP contribution in [0.1, 0.15) is 44.1 Å². The minimum Gasteiger partial charge on any atom is -0.383 e. The maximum absolute atomic E-state index is 12.3. The van der Waals surface area contributed by atoms with Gasteiger partial charge in [-0.2, -0.15) is 0 Å². The molecule has 0 aromatic heterocycles. The molecule has 2 atom stereocenters. The largest absolute Gasteiger partial charge is 0.383 e. The van der Waals surface area contributed by atoms with Crippen molar-refractivity contribution in [3.63, 3.8) is 0 Å². The highest BCUT2D eigenvalue weighted by Gasteiger charge is 2.28. The Morgan fingerprint density at radius 3 is 2.83 bits per heavy atom. The van der Waals surface area contributed by atoms with E-state index in [1.807, 2.05) is 0 Å². The molecule has 0 unspecified atom stereocenters. The lowest BCUT2D eigenvalue weighted by Gasteiger charge is -2.34. The van der Waals surface area contributed by atoms with Gasteiger partial charge in [0.2, 0.25) is 5.91 Å². The Morgan fingerprint density at radius 1 is 1.25 bits per heavy atom. The topological polar surface area (TPSA) is 50.4 Å². The van der Waals surface area contributed by atoms with Crippen LogP contribution in [-0.4, -0.2) is 32.2 Å². The van der Waals surface area contributed by atoms with Crippen molar-refractivity contribution in [2.24, 2.45) is 11.8 Å². The molecule has 0 bridgehead atoms. The lowest BCUT2D eigenvalue weighted by Crippen LogP contribution is -2.41. The molecule has 1 saturated carbocycles. The van der Waals surface area contributed by atoms with Crippen molar-refractivity contribution in [3.8, 4) is 0 Å². The second-order valence-corrected chi connectivity index (χ2v) is 7.24. The molecule has 1 aromatic rings. The fourth-order valence-electron chi connectivity index (χ4n) is 4.13. The monoisotopic (exact) mass is 330 g/mol. The van der Waals surface area contributed by atoms with E-state index < -0.39 is 0 Å². The van der Waals surface area contributed by atoms with E-state index in [0.29, 0.717) is 18.6 Å². The van der Waals surface area contributed by atoms with Crippen molar-refractivity contribution < 1.29 is 9.53 Å². The molecule has 24 heavy (non-hydrogen) atoms. The van der Waals surface area contributed by atoms with Crippen LogP contribution >= 0.6 is 0 Å². The van der Waals surface area contributed by atoms with E-state index in [1.54, 1.807) is 7.11 Å². The van der Waals surface area contributed by atoms with Gasteiger partial charge in [0, 0.05) is 25.3 Å². The number of carbonyl (C=O) groups is 1. The average molecular weight is 330 g/mol. The highest BCUT2D eigenvalue weighted by molar-refractivity contribution is 5.78. The first-order valence-corrected chi connectivity index (χ1v) is 9.39. The van der Waals surface area contributed by atoms with E-state index in [0.717, 1.165) is 32.2 Å². The van der Waals surface area contributed by atoms with Gasteiger partial charge in [0.1, 0.15) is 0 Å². The van der Waals surface area contributed by atoms with Crippen LogP contribution in [0.5, 0.6) is 0 Å². The van der Waals surface area contributed by atoms with Crippen molar-refractivity contribution in [2.45, 2.75) is 51.0 Å². The van der Waals surface area contributed by atoms with Gasteiger partial charge in [0.15, 0.2) is 0 Å². The van der Waals surface area contributed by atoms with Crippen molar-refractivity contribution in [1.29, 1.82) is 0 Å². The summed E-state index contributed by atoms with van der Waals surface area (Å²) >= 11 is 0. The number of ether oxygens (including phenoxy) is 1. The van der Waals surface area contributed by atoms with E-state index >= 15 is 0 Å². The summed E-state index contributed by atoms with van der Waals surface area (Å²) in [5.41, 5.74) is 2.59. The van der Waals surface area contributed by atoms with Gasteiger partial charge in [-0.05, 0) is 43.2 Å². The van der Waals surface area contributed by atoms with Crippen LogP contribution in [0.15, 0.2) is 24.3 Å². The zero-order chi connectivity index (χ0) is 16.8. The van der Waals surface area contributed by atoms with Gasteiger partial charge in [0.05, 0.1) is 12.6 Å². The maximum Gasteiger partial charge on any atom is 0.223 e. The molecule has 1 aliphatic heterocycles. The molecule has 1 fully saturated rings. The SMILES string of the molecule is COC[C@@H]1Nc2ccccc2C[C@@H]1CCNC(=O)C1CCCCC1. The number of nitrogens with one attached hydrogen (secondary N) is 2. The molecule has 2 N–H and O–H groups in total. The number of methoxy groups -OCH3 is 1. The smallest absolute Gasteiger partial charge is 0.223 e. The van der Waals surface area contributed by atoms with E-state index in [2.05, 4.69) is 34.9 Å². The van der Waals surface area contributed by atoms with Crippen LogP contribution < -0.4 is 10.6 Å². The van der Waals surface area contributed by atoms with Crippen molar-refractivity contribution in [3.05, 3.63) is 29.8 Å². The number of amides is 1. The number of para-hydroxylation sites is 1. The number of anilines is 1. The number of fused-ring (bicyclic) bond motifs is 1. The fraction of sp³-hybridized carbons (Fsp3) is 0.650. The number of hydrogen-bond donors (Lipinski definition) is 2. The van der Waals surface area contributed by atoms with Gasteiger partial charge in [-0.3, -0.25) is 4.79 Å². The molecule has 0 saturated heterocycles. The van der Waals surface area contributed by atoms with E-state index in [4.69, 9.17) is 4.74 Å². The maximum atomic E-state index is 12.3. The highest BCUT2D eigenvalue weighted by Crippen LogP contribution is 2.30. The number of rotatable bonds is 6. The third-order valence-corrected chi connectivity index (χ3v) is 5.55. The molecular weight excluding hydrogens is 300 g/mol. The second kappa shape index (κ2) is 8.52. The molecular formula is C20H30N2O2. The molecule has 1 heterocycles. The van der Waals surface area contributed by atoms with Gasteiger partial charge < -0.3 is 15.4 Å². The molecule has 0 radical (unpaired) electrons. The predicted molar refractivity (Wildman–Crippen MR) is 97.1 cm³/mol. The minimum atomic E-state index is 0.249. The van der Waals surface area contributed by atoms with Gasteiger partial charge in [0.25, 0.3) is 0 Å². The van der Waals surface area contributed by atoms with Crippen molar-refractivity contribution in [1.82, 2.24) is 5.32 Å². The third kappa shape index (κ3) is 4.29. The van der Waals surface area contributed by atoms with Crippen molar-refractivity contribution in [2.75, 3.05) is 25.6 Å². The first-order chi connectivity index (χ1) is 11.8. The summed E-state index contributed by atoms with van der Waals surface area (Å²) in [5, 5.41) is 6.79. The minimum absolute atomic E-state index is 0.249. The standard InChI is InChI=1S/C20H30N2O2/c1-24-14-19-17(13-16-9-5-6-10-18(16)22-19)11-12-21-20(23)15-7-3-2-4-8-15/h5-6,9-10,15,17,19,22H,2-4,7-8,11-14H2,1H3,(H,21,23)/t17-,19-/m0/s1. The van der Waals surface area contributed by atoms with E-state index in [1.165, 1.54) is 30.5 Å². The van der Waals surface area contributed by atoms with Crippen LogP contribution in [0, 0.1) is 11.8 Å². The van der Waals surface area contributed by atoms with Crippen LogP contribution in [0.3, 0.4) is 0 Å². The fourth-order valence-corrected chi connectivity index (χ4v) is 4.13. The summed E-state index contributed by atoms with van der Waals surface area (Å²) in [5.74, 6) is 1.01. The summed E-state index contributed by atoms with van der Waals surface area (Å²) < 4.78 is 5.40. The quantitative estimate of drug-likeness (QED) is 0.841. The molecule has 3 rings (SSSR count). The Bertz CT molecular complexity index is 540. The Balaban J connectivity index is 1.52. The molecule has 1 amide bonds. The summed E-state index contributed by atoms with van der Waals surface area (Å²) in [4.78, 5) is 12.3. The van der Waals surface area contributed by atoms with Gasteiger partial charge in [-0.1, -0.05) is 37.5 Å². The normalized spacial score (nSPS) is 24.0. The van der Waals surface area contributed by atoms with Crippen LogP contribution in [0.25, 0.3) is 0 Å². The second-order valence-electron chi connectivity index (χ2n) is 7.24. The number of benzene rings is 1. The molecule has 4 heteroatoms. The number of carbonyl (C=O) groups excluding carboxylic acids is 1. The Hall–Kier alpha value is -1.55. The first-order valence-electron chi connectivity index (χ1n) is 9.39. The Labute approximate surface area is 145 Å². The van der Waals surface area contributed by atoms with Crippen molar-refractivity contribution >= 4 is 11.6 Å². The zero-order valence-electron chi connectivity index (χ0n) is 14.7. The average Bonchev–Trinajstić information content (AvgIpc) is 2.63. The van der Waals surface area contributed by atoms with Crippen LogP contribution in [0.2, 0.25) is 0 Å². The molecule has 2 aliphatic rings. The highest BCUT2D eigenvalue weighted by atomic mass is 16.5. The first kappa shape index (κ1) is 17.3. The van der Waals surface area contributed by atoms with Crippen LogP contribution in [-0.2, 0) is 16.0 Å². The lowest BCUT2D eigenvalue weighted by molar-refractivity contribution is -0.125. The van der Waals surface area contributed by atoms with Gasteiger partial charge >= 0.3 is 0 Å². The number of hydrogen-bond acceptors (Lipinski definition) is 3. The lowest BCUT2D eigenvalue weighted by atomic mass is 9.85. The molecule has 0 spiro atoms. The summed E-state index contributed by atoms with van der Waals surface area (Å²) in [7, 11) is 1.75. The van der Waals surface area contributed by atoms with Gasteiger partial charge in [-0.25, -0.2) is 0 Å². The molecule has 4 nitrogen and oxygen atoms in total. The molecule has 1 aromatic carbocycles. The summed E-state index contributed by atoms with van der Waals surface area (Å²) in [6.45, 7) is 1.47. The van der Waals surface area contributed by atoms with Crippen LogP contribution in [0.4, 0.5) is 5.69 Å². The third-order valence-electron chi connectivity index (χ3n) is 5.55. The van der Waals surface area contributed by atoms with E-state index in [9.17, 15) is 4.79 Å². The molecule has 1 aliphatic carbocycles. The molecule has 132 valence electrons. The predicted octanol–water partition coefficient (Wildman–Crippen LogP) is 3.37. The Morgan fingerprint density at radius 2 is 2.04 bits per heavy atom. The summed E-state index contributed by atoms with van der Waals surface area (Å²) in [6, 6.07) is 8.81. The van der Waals surface area contributed by atoms with Gasteiger partial charge in [-0.15, -0.1) is 0 Å². The van der Waals surface area contributed by atoms with E-state index in [-0.39, 0.29) is 11.8 Å². The summed E-state index contributed by atoms with van der Waals surface area (Å²) in [6.07, 6.45) is 7.88.